The molecule has 2 atom stereocenters. The second-order valence-corrected chi connectivity index (χ2v) is 5.21. The van der Waals surface area contributed by atoms with E-state index in [0.717, 1.165) is 24.3 Å². The zero-order chi connectivity index (χ0) is 13.1. The quantitative estimate of drug-likeness (QED) is 0.852. The highest BCUT2D eigenvalue weighted by Gasteiger charge is 2.25. The van der Waals surface area contributed by atoms with Gasteiger partial charge in [-0.2, -0.15) is 0 Å². The fraction of sp³-hybridized carbons (Fsp3) is 0.571. The van der Waals surface area contributed by atoms with E-state index >= 15 is 0 Å². The first-order chi connectivity index (χ1) is 8.56. The highest BCUT2D eigenvalue weighted by atomic mass is 16.2. The van der Waals surface area contributed by atoms with Crippen molar-refractivity contribution in [3.8, 4) is 0 Å². The molecule has 2 heterocycles. The summed E-state index contributed by atoms with van der Waals surface area (Å²) in [7, 11) is 0. The number of rotatable bonds is 2. The smallest absolute Gasteiger partial charge is 0.228 e. The molecule has 98 valence electrons. The van der Waals surface area contributed by atoms with Crippen molar-refractivity contribution in [3.63, 3.8) is 0 Å². The minimum Gasteiger partial charge on any atom is -0.339 e. The first kappa shape index (κ1) is 13.0. The van der Waals surface area contributed by atoms with Crippen molar-refractivity contribution in [2.24, 2.45) is 0 Å². The van der Waals surface area contributed by atoms with E-state index in [4.69, 9.17) is 0 Å². The molecule has 0 spiro atoms. The molecular weight excluding hydrogens is 226 g/mol. The number of nitrogens with one attached hydrogen (secondary N) is 1. The zero-order valence-corrected chi connectivity index (χ0v) is 11.3. The summed E-state index contributed by atoms with van der Waals surface area (Å²) >= 11 is 0. The number of hydrogen-bond acceptors (Lipinski definition) is 3. The number of carbonyl (C=O) groups excluding carboxylic acids is 1. The van der Waals surface area contributed by atoms with Gasteiger partial charge in [0, 0.05) is 31.4 Å². The Morgan fingerprint density at radius 3 is 2.72 bits per heavy atom. The van der Waals surface area contributed by atoms with Gasteiger partial charge in [-0.25, -0.2) is 0 Å². The predicted molar refractivity (Wildman–Crippen MR) is 71.3 cm³/mol. The van der Waals surface area contributed by atoms with Crippen LogP contribution in [0.15, 0.2) is 18.3 Å². The maximum Gasteiger partial charge on any atom is 0.228 e. The lowest BCUT2D eigenvalue weighted by Crippen LogP contribution is -2.56. The van der Waals surface area contributed by atoms with Gasteiger partial charge in [0.25, 0.3) is 0 Å². The van der Waals surface area contributed by atoms with Crippen molar-refractivity contribution in [1.82, 2.24) is 15.2 Å². The molecule has 2 unspecified atom stereocenters. The van der Waals surface area contributed by atoms with E-state index in [0.29, 0.717) is 18.5 Å². The number of hydrogen-bond donors (Lipinski definition) is 1. The number of nitrogens with zero attached hydrogens (tertiary/aromatic N) is 2. The van der Waals surface area contributed by atoms with Crippen molar-refractivity contribution < 1.29 is 4.79 Å². The van der Waals surface area contributed by atoms with Gasteiger partial charge in [-0.3, -0.25) is 9.78 Å². The van der Waals surface area contributed by atoms with Crippen molar-refractivity contribution in [1.29, 1.82) is 0 Å². The van der Waals surface area contributed by atoms with Crippen LogP contribution >= 0.6 is 0 Å². The highest BCUT2D eigenvalue weighted by Crippen LogP contribution is 2.09. The minimum absolute atomic E-state index is 0.178. The van der Waals surface area contributed by atoms with Crippen molar-refractivity contribution in [2.75, 3.05) is 13.1 Å². The van der Waals surface area contributed by atoms with Crippen LogP contribution in [-0.4, -0.2) is 41.0 Å². The molecule has 1 amide bonds. The Balaban J connectivity index is 2.02. The molecule has 1 aromatic rings. The number of piperazine rings is 1. The standard InChI is InChI=1S/C14H21N3O/c1-10-5-4-6-15-13(10)7-14(18)17-8-11(2)16-12(3)9-17/h4-6,11-12,16H,7-9H2,1-3H3. The number of amides is 1. The van der Waals surface area contributed by atoms with Crippen molar-refractivity contribution >= 4 is 5.91 Å². The van der Waals surface area contributed by atoms with Gasteiger partial charge in [-0.15, -0.1) is 0 Å². The summed E-state index contributed by atoms with van der Waals surface area (Å²) in [6.07, 6.45) is 2.16. The predicted octanol–water partition coefficient (Wildman–Crippen LogP) is 1.14. The largest absolute Gasteiger partial charge is 0.339 e. The van der Waals surface area contributed by atoms with Crippen LogP contribution in [-0.2, 0) is 11.2 Å². The van der Waals surface area contributed by atoms with E-state index in [1.54, 1.807) is 6.20 Å². The van der Waals surface area contributed by atoms with Crippen molar-refractivity contribution in [3.05, 3.63) is 29.6 Å². The Labute approximate surface area is 108 Å². The van der Waals surface area contributed by atoms with E-state index in [9.17, 15) is 4.79 Å². The van der Waals surface area contributed by atoms with E-state index in [1.165, 1.54) is 0 Å². The molecule has 4 heteroatoms. The van der Waals surface area contributed by atoms with Crippen LogP contribution in [0.2, 0.25) is 0 Å². The number of aryl methyl sites for hydroxylation is 1. The van der Waals surface area contributed by atoms with Gasteiger partial charge in [0.2, 0.25) is 5.91 Å². The van der Waals surface area contributed by atoms with Gasteiger partial charge in [-0.1, -0.05) is 6.07 Å². The number of carbonyl (C=O) groups is 1. The third-order valence-corrected chi connectivity index (χ3v) is 3.35. The van der Waals surface area contributed by atoms with E-state index in [2.05, 4.69) is 24.1 Å². The van der Waals surface area contributed by atoms with E-state index in [1.807, 2.05) is 24.0 Å². The third kappa shape index (κ3) is 3.07. The molecule has 2 rings (SSSR count). The average molecular weight is 247 g/mol. The van der Waals surface area contributed by atoms with Gasteiger partial charge in [-0.05, 0) is 32.4 Å². The van der Waals surface area contributed by atoms with Gasteiger partial charge < -0.3 is 10.2 Å². The molecule has 1 aliphatic rings. The molecule has 0 aromatic carbocycles. The SMILES string of the molecule is Cc1cccnc1CC(=O)N1CC(C)NC(C)C1. The van der Waals surface area contributed by atoms with E-state index < -0.39 is 0 Å². The molecule has 0 aliphatic carbocycles. The second-order valence-electron chi connectivity index (χ2n) is 5.21. The van der Waals surface area contributed by atoms with Crippen LogP contribution in [0.1, 0.15) is 25.1 Å². The van der Waals surface area contributed by atoms with Gasteiger partial charge in [0.15, 0.2) is 0 Å². The Hall–Kier alpha value is -1.42. The summed E-state index contributed by atoms with van der Waals surface area (Å²) in [5.41, 5.74) is 1.98. The Bertz CT molecular complexity index is 423. The van der Waals surface area contributed by atoms with Crippen LogP contribution in [0.4, 0.5) is 0 Å². The normalized spacial score (nSPS) is 24.1. The van der Waals surface area contributed by atoms with Gasteiger partial charge in [0.05, 0.1) is 12.1 Å². The third-order valence-electron chi connectivity index (χ3n) is 3.35. The summed E-state index contributed by atoms with van der Waals surface area (Å²) in [5, 5.41) is 3.43. The molecule has 1 saturated heterocycles. The van der Waals surface area contributed by atoms with Crippen LogP contribution < -0.4 is 5.32 Å². The molecular formula is C14H21N3O. The molecule has 0 bridgehead atoms. The molecule has 18 heavy (non-hydrogen) atoms. The number of pyridine rings is 1. The lowest BCUT2D eigenvalue weighted by atomic mass is 10.1. The Morgan fingerprint density at radius 2 is 2.11 bits per heavy atom. The van der Waals surface area contributed by atoms with Crippen LogP contribution in [0, 0.1) is 6.92 Å². The van der Waals surface area contributed by atoms with Crippen LogP contribution in [0.3, 0.4) is 0 Å². The first-order valence-electron chi connectivity index (χ1n) is 6.50. The summed E-state index contributed by atoms with van der Waals surface area (Å²) in [6, 6.07) is 4.63. The topological polar surface area (TPSA) is 45.2 Å². The average Bonchev–Trinajstić information content (AvgIpc) is 2.31. The molecule has 4 nitrogen and oxygen atoms in total. The fourth-order valence-electron chi connectivity index (χ4n) is 2.49. The fourth-order valence-corrected chi connectivity index (χ4v) is 2.49. The van der Waals surface area contributed by atoms with Crippen LogP contribution in [0.5, 0.6) is 0 Å². The lowest BCUT2D eigenvalue weighted by Gasteiger charge is -2.36. The van der Waals surface area contributed by atoms with Crippen LogP contribution in [0.25, 0.3) is 0 Å². The number of aromatic nitrogens is 1. The minimum atomic E-state index is 0.178. The summed E-state index contributed by atoms with van der Waals surface area (Å²) in [6.45, 7) is 7.80. The zero-order valence-electron chi connectivity index (χ0n) is 11.3. The summed E-state index contributed by atoms with van der Waals surface area (Å²) < 4.78 is 0. The lowest BCUT2D eigenvalue weighted by molar-refractivity contribution is -0.132. The summed E-state index contributed by atoms with van der Waals surface area (Å²) in [5.74, 6) is 0.178. The molecule has 0 saturated carbocycles. The van der Waals surface area contributed by atoms with Crippen molar-refractivity contribution in [2.45, 2.75) is 39.3 Å². The highest BCUT2D eigenvalue weighted by molar-refractivity contribution is 5.78. The molecule has 1 aliphatic heterocycles. The molecule has 1 aromatic heterocycles. The monoisotopic (exact) mass is 247 g/mol. The second kappa shape index (κ2) is 5.48. The molecule has 1 N–H and O–H groups in total. The van der Waals surface area contributed by atoms with Gasteiger partial charge in [0.1, 0.15) is 0 Å². The molecule has 1 fully saturated rings. The first-order valence-corrected chi connectivity index (χ1v) is 6.50. The maximum absolute atomic E-state index is 12.3. The maximum atomic E-state index is 12.3. The molecule has 0 radical (unpaired) electrons. The summed E-state index contributed by atoms with van der Waals surface area (Å²) in [4.78, 5) is 18.5. The van der Waals surface area contributed by atoms with E-state index in [-0.39, 0.29) is 5.91 Å². The Kier molecular flexibility index (Phi) is 3.97. The van der Waals surface area contributed by atoms with Gasteiger partial charge >= 0.3 is 0 Å². The Morgan fingerprint density at radius 1 is 1.44 bits per heavy atom.